The summed E-state index contributed by atoms with van der Waals surface area (Å²) in [6.07, 6.45) is 1.17. The van der Waals surface area contributed by atoms with Gasteiger partial charge in [0.25, 0.3) is 5.91 Å². The number of ether oxygens (including phenoxy) is 1. The second kappa shape index (κ2) is 5.54. The predicted molar refractivity (Wildman–Crippen MR) is 75.5 cm³/mol. The Morgan fingerprint density at radius 3 is 2.40 bits per heavy atom. The fourth-order valence-electron chi connectivity index (χ4n) is 2.20. The number of sulfone groups is 1. The summed E-state index contributed by atoms with van der Waals surface area (Å²) >= 11 is 0. The number of morpholine rings is 1. The van der Waals surface area contributed by atoms with Crippen LogP contribution in [0.1, 0.15) is 24.2 Å². The van der Waals surface area contributed by atoms with Crippen LogP contribution in [-0.2, 0) is 14.6 Å². The SMILES string of the molecule is C[C@@H]1CO[C@@H](C)CN1C(=O)c1ccc(S(C)(=O)=O)cc1. The first-order valence-electron chi connectivity index (χ1n) is 6.51. The minimum atomic E-state index is -3.23. The second-order valence-electron chi connectivity index (χ2n) is 5.25. The molecule has 2 atom stereocenters. The zero-order chi connectivity index (χ0) is 14.9. The fraction of sp³-hybridized carbons (Fsp3) is 0.500. The first kappa shape index (κ1) is 15.0. The molecule has 1 aromatic rings. The maximum Gasteiger partial charge on any atom is 0.254 e. The summed E-state index contributed by atoms with van der Waals surface area (Å²) in [5, 5.41) is 0. The number of carbonyl (C=O) groups is 1. The number of amides is 1. The van der Waals surface area contributed by atoms with Gasteiger partial charge in [-0.2, -0.15) is 0 Å². The third-order valence-corrected chi connectivity index (χ3v) is 4.53. The average molecular weight is 297 g/mol. The van der Waals surface area contributed by atoms with Crippen LogP contribution in [-0.4, -0.2) is 50.8 Å². The Morgan fingerprint density at radius 1 is 1.25 bits per heavy atom. The van der Waals surface area contributed by atoms with Crippen LogP contribution < -0.4 is 0 Å². The molecule has 20 heavy (non-hydrogen) atoms. The van der Waals surface area contributed by atoms with Gasteiger partial charge in [0.1, 0.15) is 0 Å². The minimum absolute atomic E-state index is 0.0189. The Morgan fingerprint density at radius 2 is 1.85 bits per heavy atom. The van der Waals surface area contributed by atoms with Crippen molar-refractivity contribution in [2.24, 2.45) is 0 Å². The monoisotopic (exact) mass is 297 g/mol. The number of benzene rings is 1. The molecule has 1 aliphatic rings. The largest absolute Gasteiger partial charge is 0.375 e. The zero-order valence-electron chi connectivity index (χ0n) is 11.9. The smallest absolute Gasteiger partial charge is 0.254 e. The molecule has 1 aliphatic heterocycles. The normalized spacial score (nSPS) is 23.6. The van der Waals surface area contributed by atoms with Gasteiger partial charge in [-0.3, -0.25) is 4.79 Å². The molecule has 0 spiro atoms. The molecule has 0 unspecified atom stereocenters. The molecule has 110 valence electrons. The quantitative estimate of drug-likeness (QED) is 0.826. The lowest BCUT2D eigenvalue weighted by Gasteiger charge is -2.36. The van der Waals surface area contributed by atoms with Crippen molar-refractivity contribution in [1.82, 2.24) is 4.90 Å². The molecule has 0 saturated carbocycles. The van der Waals surface area contributed by atoms with Crippen LogP contribution >= 0.6 is 0 Å². The van der Waals surface area contributed by atoms with E-state index in [1.807, 2.05) is 13.8 Å². The molecule has 1 aromatic carbocycles. The van der Waals surface area contributed by atoms with Gasteiger partial charge in [0.15, 0.2) is 9.84 Å². The van der Waals surface area contributed by atoms with Gasteiger partial charge < -0.3 is 9.64 Å². The molecule has 0 bridgehead atoms. The number of carbonyl (C=O) groups excluding carboxylic acids is 1. The molecule has 1 fully saturated rings. The lowest BCUT2D eigenvalue weighted by molar-refractivity contribution is -0.0387. The van der Waals surface area contributed by atoms with Gasteiger partial charge in [-0.25, -0.2) is 8.42 Å². The molecule has 0 aromatic heterocycles. The van der Waals surface area contributed by atoms with Crippen molar-refractivity contribution < 1.29 is 17.9 Å². The molecule has 1 saturated heterocycles. The molecule has 1 heterocycles. The molecule has 0 radical (unpaired) electrons. The van der Waals surface area contributed by atoms with Gasteiger partial charge in [0.2, 0.25) is 0 Å². The van der Waals surface area contributed by atoms with Crippen molar-refractivity contribution in [2.45, 2.75) is 30.9 Å². The van der Waals surface area contributed by atoms with E-state index in [-0.39, 0.29) is 22.9 Å². The van der Waals surface area contributed by atoms with E-state index in [9.17, 15) is 13.2 Å². The molecule has 5 nitrogen and oxygen atoms in total. The van der Waals surface area contributed by atoms with Crippen molar-refractivity contribution in [2.75, 3.05) is 19.4 Å². The summed E-state index contributed by atoms with van der Waals surface area (Å²) in [5.74, 6) is -0.0901. The van der Waals surface area contributed by atoms with E-state index in [4.69, 9.17) is 4.74 Å². The van der Waals surface area contributed by atoms with Crippen molar-refractivity contribution in [3.05, 3.63) is 29.8 Å². The van der Waals surface area contributed by atoms with Gasteiger partial charge >= 0.3 is 0 Å². The van der Waals surface area contributed by atoms with E-state index in [1.54, 1.807) is 17.0 Å². The van der Waals surface area contributed by atoms with E-state index in [0.29, 0.717) is 18.7 Å². The number of nitrogens with zero attached hydrogens (tertiary/aromatic N) is 1. The highest BCUT2D eigenvalue weighted by Crippen LogP contribution is 2.17. The summed E-state index contributed by atoms with van der Waals surface area (Å²) in [6.45, 7) is 4.94. The maximum absolute atomic E-state index is 12.4. The Hall–Kier alpha value is -1.40. The number of rotatable bonds is 2. The predicted octanol–water partition coefficient (Wildman–Crippen LogP) is 1.34. The van der Waals surface area contributed by atoms with Gasteiger partial charge in [0, 0.05) is 18.4 Å². The van der Waals surface area contributed by atoms with Crippen LogP contribution in [0.5, 0.6) is 0 Å². The lowest BCUT2D eigenvalue weighted by atomic mass is 10.1. The third kappa shape index (κ3) is 3.19. The van der Waals surface area contributed by atoms with Crippen LogP contribution in [0.3, 0.4) is 0 Å². The van der Waals surface area contributed by atoms with Crippen LogP contribution in [0.15, 0.2) is 29.2 Å². The molecule has 6 heteroatoms. The summed E-state index contributed by atoms with van der Waals surface area (Å²) in [4.78, 5) is 14.4. The van der Waals surface area contributed by atoms with Crippen LogP contribution in [0.4, 0.5) is 0 Å². The Balaban J connectivity index is 2.21. The van der Waals surface area contributed by atoms with Crippen LogP contribution in [0.2, 0.25) is 0 Å². The topological polar surface area (TPSA) is 63.7 Å². The highest BCUT2D eigenvalue weighted by atomic mass is 32.2. The summed E-state index contributed by atoms with van der Waals surface area (Å²) in [6, 6.07) is 6.08. The molecule has 2 rings (SSSR count). The molecule has 1 amide bonds. The molecular formula is C14H19NO4S. The first-order valence-corrected chi connectivity index (χ1v) is 8.41. The van der Waals surface area contributed by atoms with Gasteiger partial charge in [-0.1, -0.05) is 0 Å². The highest BCUT2D eigenvalue weighted by Gasteiger charge is 2.28. The number of hydrogen-bond donors (Lipinski definition) is 0. The fourth-order valence-corrected chi connectivity index (χ4v) is 2.83. The highest BCUT2D eigenvalue weighted by molar-refractivity contribution is 7.90. The van der Waals surface area contributed by atoms with Crippen molar-refractivity contribution in [3.63, 3.8) is 0 Å². The Labute approximate surface area is 119 Å². The van der Waals surface area contributed by atoms with Gasteiger partial charge in [-0.05, 0) is 38.1 Å². The average Bonchev–Trinajstić information content (AvgIpc) is 2.40. The number of hydrogen-bond acceptors (Lipinski definition) is 4. The van der Waals surface area contributed by atoms with Gasteiger partial charge in [0.05, 0.1) is 23.6 Å². The van der Waals surface area contributed by atoms with Gasteiger partial charge in [-0.15, -0.1) is 0 Å². The van der Waals surface area contributed by atoms with Crippen LogP contribution in [0, 0.1) is 0 Å². The molecule has 0 N–H and O–H groups in total. The summed E-state index contributed by atoms with van der Waals surface area (Å²) in [5.41, 5.74) is 0.498. The zero-order valence-corrected chi connectivity index (χ0v) is 12.7. The minimum Gasteiger partial charge on any atom is -0.375 e. The maximum atomic E-state index is 12.4. The summed E-state index contributed by atoms with van der Waals surface area (Å²) < 4.78 is 28.3. The first-order chi connectivity index (χ1) is 9.29. The Kier molecular flexibility index (Phi) is 4.15. The second-order valence-corrected chi connectivity index (χ2v) is 7.26. The third-order valence-electron chi connectivity index (χ3n) is 3.40. The van der Waals surface area contributed by atoms with Crippen molar-refractivity contribution in [3.8, 4) is 0 Å². The lowest BCUT2D eigenvalue weighted by Crippen LogP contribution is -2.50. The van der Waals surface area contributed by atoms with Crippen molar-refractivity contribution >= 4 is 15.7 Å². The van der Waals surface area contributed by atoms with E-state index in [1.165, 1.54) is 12.1 Å². The van der Waals surface area contributed by atoms with E-state index in [0.717, 1.165) is 6.26 Å². The van der Waals surface area contributed by atoms with Crippen LogP contribution in [0.25, 0.3) is 0 Å². The standard InChI is InChI=1S/C14H19NO4S/c1-10-9-19-11(2)8-15(10)14(16)12-4-6-13(7-5-12)20(3,17)18/h4-7,10-11H,8-9H2,1-3H3/t10-,11+/m1/s1. The Bertz CT molecular complexity index is 594. The molecule has 0 aliphatic carbocycles. The van der Waals surface area contributed by atoms with Crippen molar-refractivity contribution in [1.29, 1.82) is 0 Å². The summed E-state index contributed by atoms with van der Waals surface area (Å²) in [7, 11) is -3.23. The molecular weight excluding hydrogens is 278 g/mol. The van der Waals surface area contributed by atoms with E-state index in [2.05, 4.69) is 0 Å². The van der Waals surface area contributed by atoms with E-state index < -0.39 is 9.84 Å². The van der Waals surface area contributed by atoms with E-state index >= 15 is 0 Å².